The molecule has 0 aliphatic carbocycles. The van der Waals surface area contributed by atoms with Crippen LogP contribution >= 0.6 is 0 Å². The van der Waals surface area contributed by atoms with Crippen molar-refractivity contribution in [1.82, 2.24) is 4.98 Å². The van der Waals surface area contributed by atoms with E-state index in [1.165, 1.54) is 12.1 Å². The lowest BCUT2D eigenvalue weighted by Gasteiger charge is -2.22. The lowest BCUT2D eigenvalue weighted by molar-refractivity contribution is -0.274. The van der Waals surface area contributed by atoms with E-state index in [1.54, 1.807) is 12.1 Å². The summed E-state index contributed by atoms with van der Waals surface area (Å²) in [5, 5.41) is 6.60. The van der Waals surface area contributed by atoms with Gasteiger partial charge in [-0.3, -0.25) is 0 Å². The van der Waals surface area contributed by atoms with E-state index in [0.717, 1.165) is 22.4 Å². The van der Waals surface area contributed by atoms with Gasteiger partial charge < -0.3 is 25.9 Å². The minimum absolute atomic E-state index is 0. The van der Waals surface area contributed by atoms with Crippen molar-refractivity contribution >= 4 is 18.3 Å². The first-order valence-electron chi connectivity index (χ1n) is 10.8. The Morgan fingerprint density at radius 3 is 2.28 bits per heavy atom. The number of hydrogen-bond acceptors (Lipinski definition) is 6. The lowest BCUT2D eigenvalue weighted by Crippen LogP contribution is -2.17. The molecular weight excluding hydrogens is 469 g/mol. The molecule has 0 bridgehead atoms. The largest absolute Gasteiger partial charge is 0.573 e. The number of hydrogen-bond donors (Lipinski definition) is 3. The number of ether oxygens (including phenoxy) is 1. The van der Waals surface area contributed by atoms with Gasteiger partial charge in [0, 0.05) is 17.8 Å². The van der Waals surface area contributed by atoms with Crippen LogP contribution in [-0.4, -0.2) is 24.7 Å². The monoisotopic (exact) mass is 502 g/mol. The fourth-order valence-electron chi connectivity index (χ4n) is 3.41. The van der Waals surface area contributed by atoms with Gasteiger partial charge in [0.2, 0.25) is 0 Å². The topological polar surface area (TPSA) is 89.3 Å². The van der Waals surface area contributed by atoms with Gasteiger partial charge in [0.05, 0.1) is 17.4 Å². The molecule has 0 fully saturated rings. The molecule has 3 rings (SSSR count). The van der Waals surface area contributed by atoms with Crippen LogP contribution in [0.15, 0.2) is 72.9 Å². The van der Waals surface area contributed by atoms with Crippen molar-refractivity contribution in [2.75, 3.05) is 17.2 Å². The number of nitrogens with one attached hydrogen (secondary N) is 2. The van der Waals surface area contributed by atoms with Gasteiger partial charge in [0.25, 0.3) is 0 Å². The molecule has 1 heterocycles. The van der Waals surface area contributed by atoms with Crippen molar-refractivity contribution in [3.8, 4) is 17.0 Å². The smallest absolute Gasteiger partial charge is 0.406 e. The van der Waals surface area contributed by atoms with Crippen LogP contribution in [0, 0.1) is 6.92 Å². The molecule has 36 heavy (non-hydrogen) atoms. The van der Waals surface area contributed by atoms with Crippen molar-refractivity contribution in [2.24, 2.45) is 5.73 Å². The number of nitrogens with two attached hydrogens (primary N) is 1. The normalized spacial score (nSPS) is 11.3. The summed E-state index contributed by atoms with van der Waals surface area (Å²) >= 11 is 0. The van der Waals surface area contributed by atoms with Crippen LogP contribution in [0.4, 0.5) is 24.7 Å². The van der Waals surface area contributed by atoms with Gasteiger partial charge in [-0.2, -0.15) is 0 Å². The van der Waals surface area contributed by atoms with E-state index in [2.05, 4.69) is 21.9 Å². The third-order valence-electron chi connectivity index (χ3n) is 5.11. The summed E-state index contributed by atoms with van der Waals surface area (Å²) < 4.78 is 41.4. The minimum Gasteiger partial charge on any atom is -0.406 e. The summed E-state index contributed by atoms with van der Waals surface area (Å²) in [5.74, 6) is 0.329. The number of rotatable bonds is 9. The number of halogens is 3. The molecular formula is C27H33F3N4O2. The maximum Gasteiger partial charge on any atom is 0.573 e. The number of alkyl halides is 3. The first kappa shape index (κ1) is 30.2. The summed E-state index contributed by atoms with van der Waals surface area (Å²) in [6, 6.07) is 17.4. The standard InChI is InChI=1S/C25H27F3N4O.CH2O.CH4/c1-4-21(18-9-11-19(12-10-18)33-25(26,27)28)31-24-23(30-17(3)15-29)14-13-22(32-24)20-8-6-5-7-16(20)2;1-2;/h5-14,21,30H,3-4,15,29H2,1-2H3,(H,31,32);1H2;1H4. The van der Waals surface area contributed by atoms with E-state index in [-0.39, 0.29) is 25.8 Å². The highest BCUT2D eigenvalue weighted by atomic mass is 19.4. The Bertz CT molecular complexity index is 1120. The number of benzene rings is 2. The summed E-state index contributed by atoms with van der Waals surface area (Å²) in [7, 11) is 0. The van der Waals surface area contributed by atoms with E-state index in [4.69, 9.17) is 15.5 Å². The maximum absolute atomic E-state index is 12.5. The van der Waals surface area contributed by atoms with Crippen LogP contribution in [0.2, 0.25) is 0 Å². The zero-order valence-electron chi connectivity index (χ0n) is 19.7. The Hall–Kier alpha value is -3.85. The van der Waals surface area contributed by atoms with E-state index >= 15 is 0 Å². The number of carbonyl (C=O) groups is 1. The van der Waals surface area contributed by atoms with E-state index in [1.807, 2.05) is 57.0 Å². The van der Waals surface area contributed by atoms with Gasteiger partial charge in [-0.1, -0.05) is 57.3 Å². The number of aromatic nitrogens is 1. The summed E-state index contributed by atoms with van der Waals surface area (Å²) in [6.45, 7) is 10.2. The first-order valence-corrected chi connectivity index (χ1v) is 10.8. The molecule has 0 radical (unpaired) electrons. The molecule has 0 spiro atoms. The second kappa shape index (κ2) is 13.9. The van der Waals surface area contributed by atoms with Crippen LogP contribution in [0.25, 0.3) is 11.3 Å². The zero-order chi connectivity index (χ0) is 26.0. The Morgan fingerprint density at radius 2 is 1.72 bits per heavy atom. The predicted molar refractivity (Wildman–Crippen MR) is 140 cm³/mol. The quantitative estimate of drug-likeness (QED) is 0.296. The van der Waals surface area contributed by atoms with Crippen molar-refractivity contribution in [2.45, 2.75) is 40.1 Å². The maximum atomic E-state index is 12.5. The van der Waals surface area contributed by atoms with Crippen LogP contribution < -0.4 is 21.1 Å². The number of aryl methyl sites for hydroxylation is 1. The highest BCUT2D eigenvalue weighted by Gasteiger charge is 2.31. The van der Waals surface area contributed by atoms with Crippen molar-refractivity contribution in [1.29, 1.82) is 0 Å². The number of pyridine rings is 1. The number of nitrogens with zero attached hydrogens (tertiary/aromatic N) is 1. The van der Waals surface area contributed by atoms with E-state index < -0.39 is 6.36 Å². The summed E-state index contributed by atoms with van der Waals surface area (Å²) in [6.07, 6.45) is -4.05. The second-order valence-corrected chi connectivity index (χ2v) is 7.56. The molecule has 2 aromatic carbocycles. The molecule has 0 aliphatic rings. The summed E-state index contributed by atoms with van der Waals surface area (Å²) in [5.41, 5.74) is 10.7. The molecule has 0 saturated carbocycles. The Kier molecular flexibility index (Phi) is 11.6. The van der Waals surface area contributed by atoms with Gasteiger partial charge in [0.15, 0.2) is 5.82 Å². The lowest BCUT2D eigenvalue weighted by atomic mass is 10.0. The molecule has 1 unspecified atom stereocenters. The average molecular weight is 503 g/mol. The molecule has 1 atom stereocenters. The molecule has 6 nitrogen and oxygen atoms in total. The number of carbonyl (C=O) groups excluding carboxylic acids is 1. The average Bonchev–Trinajstić information content (AvgIpc) is 2.84. The SMILES string of the molecule is C.C=C(CN)Nc1ccc(-c2ccccc2C)nc1NC(CC)c1ccc(OC(F)(F)F)cc1.C=O. The first-order chi connectivity index (χ1) is 16.7. The van der Waals surface area contributed by atoms with E-state index in [0.29, 0.717) is 23.6 Å². The Morgan fingerprint density at radius 1 is 1.08 bits per heavy atom. The fraction of sp³-hybridized carbons (Fsp3) is 0.259. The highest BCUT2D eigenvalue weighted by molar-refractivity contribution is 5.73. The third kappa shape index (κ3) is 8.42. The Labute approximate surface area is 210 Å². The van der Waals surface area contributed by atoms with Gasteiger partial charge in [0.1, 0.15) is 12.5 Å². The van der Waals surface area contributed by atoms with Gasteiger partial charge in [-0.15, -0.1) is 13.2 Å². The predicted octanol–water partition coefficient (Wildman–Crippen LogP) is 6.85. The van der Waals surface area contributed by atoms with Crippen LogP contribution in [0.3, 0.4) is 0 Å². The third-order valence-corrected chi connectivity index (χ3v) is 5.11. The van der Waals surface area contributed by atoms with Gasteiger partial charge >= 0.3 is 6.36 Å². The molecule has 0 aliphatic heterocycles. The fourth-order valence-corrected chi connectivity index (χ4v) is 3.41. The molecule has 4 N–H and O–H groups in total. The molecule has 3 aromatic rings. The van der Waals surface area contributed by atoms with Crippen molar-refractivity contribution in [3.05, 3.63) is 84.1 Å². The molecule has 194 valence electrons. The molecule has 0 amide bonds. The highest BCUT2D eigenvalue weighted by Crippen LogP contribution is 2.32. The van der Waals surface area contributed by atoms with Gasteiger partial charge in [-0.05, 0) is 48.7 Å². The van der Waals surface area contributed by atoms with Crippen LogP contribution in [-0.2, 0) is 4.79 Å². The van der Waals surface area contributed by atoms with Crippen molar-refractivity contribution in [3.63, 3.8) is 0 Å². The number of anilines is 2. The second-order valence-electron chi connectivity index (χ2n) is 7.56. The minimum atomic E-state index is -4.73. The van der Waals surface area contributed by atoms with Crippen LogP contribution in [0.5, 0.6) is 5.75 Å². The summed E-state index contributed by atoms with van der Waals surface area (Å²) in [4.78, 5) is 12.8. The van der Waals surface area contributed by atoms with Gasteiger partial charge in [-0.25, -0.2) is 4.98 Å². The van der Waals surface area contributed by atoms with Crippen LogP contribution in [0.1, 0.15) is 37.9 Å². The Balaban J connectivity index is 0.00000211. The zero-order valence-corrected chi connectivity index (χ0v) is 19.7. The molecule has 1 aromatic heterocycles. The molecule has 0 saturated heterocycles. The van der Waals surface area contributed by atoms with E-state index in [9.17, 15) is 13.2 Å². The van der Waals surface area contributed by atoms with Crippen molar-refractivity contribution < 1.29 is 22.7 Å². The molecule has 9 heteroatoms.